The monoisotopic (exact) mass is 867 g/mol. The van der Waals surface area contributed by atoms with E-state index in [1.54, 1.807) is 0 Å². The van der Waals surface area contributed by atoms with Crippen molar-refractivity contribution in [2.24, 2.45) is 0 Å². The van der Waals surface area contributed by atoms with Crippen LogP contribution in [0.1, 0.15) is 83.2 Å². The maximum Gasteiger partial charge on any atom is 0.336 e. The summed E-state index contributed by atoms with van der Waals surface area (Å²) < 4.78 is 0. The lowest BCUT2D eigenvalue weighted by molar-refractivity contribution is 0.0695. The third kappa shape index (κ3) is 9.70. The van der Waals surface area contributed by atoms with Crippen LogP contribution < -0.4 is 30.2 Å². The quantitative estimate of drug-likeness (QED) is 0.113. The first-order valence-electron chi connectivity index (χ1n) is 21.4. The number of nitrogens with one attached hydrogen (secondary N) is 2. The number of aromatic nitrogens is 6. The highest BCUT2D eigenvalue weighted by Crippen LogP contribution is 2.41. The average Bonchev–Trinajstić information content (AvgIpc) is 3.19. The van der Waals surface area contributed by atoms with Gasteiger partial charge in [0.15, 0.2) is 0 Å². The zero-order valence-electron chi connectivity index (χ0n) is 41.3. The predicted molar refractivity (Wildman–Crippen MR) is 265 cm³/mol. The number of carboxylic acid groups (broad SMARTS) is 1. The Morgan fingerprint density at radius 2 is 0.766 bits per heavy atom. The van der Waals surface area contributed by atoms with Crippen LogP contribution >= 0.6 is 0 Å². The van der Waals surface area contributed by atoms with Crippen LogP contribution in [0.3, 0.4) is 0 Å². The van der Waals surface area contributed by atoms with Crippen LogP contribution in [0.4, 0.5) is 57.9 Å². The van der Waals surface area contributed by atoms with Crippen molar-refractivity contribution < 1.29 is 9.90 Å². The van der Waals surface area contributed by atoms with E-state index in [4.69, 9.17) is 4.98 Å². The van der Waals surface area contributed by atoms with E-state index in [-0.39, 0.29) is 0 Å². The molecule has 2 heterocycles. The summed E-state index contributed by atoms with van der Waals surface area (Å²) in [6.07, 6.45) is 0. The number of carbonyl (C=O) groups is 1. The first kappa shape index (κ1) is 48.2. The van der Waals surface area contributed by atoms with Gasteiger partial charge in [-0.3, -0.25) is 0 Å². The summed E-state index contributed by atoms with van der Waals surface area (Å²) in [5.41, 5.74) is 18.2. The predicted octanol–water partition coefficient (Wildman–Crippen LogP) is 10.6. The number of para-hydroxylation sites is 2. The summed E-state index contributed by atoms with van der Waals surface area (Å²) in [7, 11) is 11.9. The van der Waals surface area contributed by atoms with Crippen molar-refractivity contribution in [3.05, 3.63) is 115 Å². The third-order valence-corrected chi connectivity index (χ3v) is 12.0. The maximum atomic E-state index is 12.1. The number of benzene rings is 4. The molecule has 4 aromatic carbocycles. The Hall–Kier alpha value is -6.83. The van der Waals surface area contributed by atoms with E-state index in [0.29, 0.717) is 46.6 Å². The van der Waals surface area contributed by atoms with Gasteiger partial charge in [-0.15, -0.1) is 0 Å². The molecule has 338 valence electrons. The Morgan fingerprint density at radius 3 is 1.12 bits per heavy atom. The molecule has 0 bridgehead atoms. The fourth-order valence-electron chi connectivity index (χ4n) is 8.97. The van der Waals surface area contributed by atoms with Gasteiger partial charge in [-0.05, 0) is 151 Å². The van der Waals surface area contributed by atoms with Crippen LogP contribution in [0.2, 0.25) is 0 Å². The van der Waals surface area contributed by atoms with Gasteiger partial charge in [0.25, 0.3) is 0 Å². The molecular formula is C50H66N12O2. The van der Waals surface area contributed by atoms with Gasteiger partial charge >= 0.3 is 5.97 Å². The molecule has 0 unspecified atom stereocenters. The minimum absolute atomic E-state index is 0.297. The number of anilines is 10. The molecule has 0 radical (unpaired) electrons. The largest absolute Gasteiger partial charge is 0.478 e. The van der Waals surface area contributed by atoms with Gasteiger partial charge in [0, 0.05) is 65.0 Å². The van der Waals surface area contributed by atoms with Crippen molar-refractivity contribution in [1.29, 1.82) is 0 Å². The molecule has 0 saturated heterocycles. The zero-order valence-corrected chi connectivity index (χ0v) is 41.3. The number of hydrogen-bond acceptors (Lipinski definition) is 13. The minimum Gasteiger partial charge on any atom is -0.478 e. The van der Waals surface area contributed by atoms with Crippen molar-refractivity contribution in [1.82, 2.24) is 29.9 Å². The van der Waals surface area contributed by atoms with Crippen molar-refractivity contribution in [3.8, 4) is 0 Å². The molecule has 0 amide bonds. The summed E-state index contributed by atoms with van der Waals surface area (Å²) in [5.74, 6) is 2.35. The molecule has 3 N–H and O–H groups in total. The standard InChI is InChI=1S/C25H32N6O2.C25H34N6/c1-13-11-10-12-14(2)20(13)28-24-26-18(6)27-25(29-24)31(9)22-16(4)19(23(32)33)15(3)21(17(22)5)30(7)8;1-14-12-11-13-15(2)21(14)28-24-26-20(7)27-25(29-24)31(10)23-18(5)16(3)17(4)22(19(23)6)30(8)9/h10-12H,1-9H3,(H,32,33)(H,26,27,28,29);11-13H,1-10H3,(H,26,27,28,29). The zero-order chi connectivity index (χ0) is 47.6. The van der Waals surface area contributed by atoms with E-state index in [1.165, 1.54) is 27.9 Å². The Kier molecular flexibility index (Phi) is 14.5. The summed E-state index contributed by atoms with van der Waals surface area (Å²) in [6, 6.07) is 12.3. The lowest BCUT2D eigenvalue weighted by atomic mass is 9.93. The Bertz CT molecular complexity index is 2700. The lowest BCUT2D eigenvalue weighted by Crippen LogP contribution is -2.22. The van der Waals surface area contributed by atoms with Crippen LogP contribution in [-0.2, 0) is 0 Å². The first-order valence-corrected chi connectivity index (χ1v) is 21.4. The molecule has 2 aromatic heterocycles. The second-order valence-electron chi connectivity index (χ2n) is 17.2. The molecule has 14 heteroatoms. The molecule has 0 aliphatic rings. The van der Waals surface area contributed by atoms with Gasteiger partial charge in [0.2, 0.25) is 23.8 Å². The highest BCUT2D eigenvalue weighted by molar-refractivity contribution is 5.97. The van der Waals surface area contributed by atoms with Crippen LogP contribution in [0.5, 0.6) is 0 Å². The number of rotatable bonds is 11. The van der Waals surface area contributed by atoms with E-state index >= 15 is 0 Å². The molecule has 0 fully saturated rings. The number of aromatic carboxylic acids is 1. The Balaban J connectivity index is 0.000000241. The van der Waals surface area contributed by atoms with Crippen LogP contribution in [-0.4, -0.2) is 83.3 Å². The number of aryl methyl sites for hydroxylation is 6. The first-order chi connectivity index (χ1) is 30.0. The third-order valence-electron chi connectivity index (χ3n) is 12.0. The van der Waals surface area contributed by atoms with Crippen molar-refractivity contribution in [3.63, 3.8) is 0 Å². The molecule has 0 aliphatic carbocycles. The topological polar surface area (TPSA) is 152 Å². The molecule has 0 spiro atoms. The van der Waals surface area contributed by atoms with E-state index in [2.05, 4.69) is 119 Å². The fraction of sp³-hybridized carbons (Fsp3) is 0.380. The molecule has 6 aromatic rings. The van der Waals surface area contributed by atoms with Crippen LogP contribution in [0, 0.1) is 90.0 Å². The van der Waals surface area contributed by atoms with Crippen molar-refractivity contribution in [2.75, 3.05) is 72.5 Å². The molecule has 0 saturated carbocycles. The van der Waals surface area contributed by atoms with Crippen LogP contribution in [0.25, 0.3) is 0 Å². The number of nitrogens with zero attached hydrogens (tertiary/aromatic N) is 10. The summed E-state index contributed by atoms with van der Waals surface area (Å²) in [6.45, 7) is 26.3. The normalized spacial score (nSPS) is 10.9. The Morgan fingerprint density at radius 1 is 0.438 bits per heavy atom. The second-order valence-corrected chi connectivity index (χ2v) is 17.2. The fourth-order valence-corrected chi connectivity index (χ4v) is 8.97. The minimum atomic E-state index is -0.952. The highest BCUT2D eigenvalue weighted by Gasteiger charge is 2.26. The maximum absolute atomic E-state index is 12.1. The van der Waals surface area contributed by atoms with E-state index in [1.807, 2.05) is 105 Å². The number of hydrogen-bond donors (Lipinski definition) is 3. The van der Waals surface area contributed by atoms with E-state index in [9.17, 15) is 9.90 Å². The smallest absolute Gasteiger partial charge is 0.336 e. The van der Waals surface area contributed by atoms with Gasteiger partial charge in [-0.1, -0.05) is 36.4 Å². The van der Waals surface area contributed by atoms with Gasteiger partial charge < -0.3 is 35.3 Å². The summed E-state index contributed by atoms with van der Waals surface area (Å²) >= 11 is 0. The summed E-state index contributed by atoms with van der Waals surface area (Å²) in [4.78, 5) is 47.8. The van der Waals surface area contributed by atoms with E-state index < -0.39 is 5.97 Å². The van der Waals surface area contributed by atoms with Crippen molar-refractivity contribution in [2.45, 2.75) is 90.0 Å². The van der Waals surface area contributed by atoms with Gasteiger partial charge in [0.05, 0.1) is 16.9 Å². The van der Waals surface area contributed by atoms with Crippen molar-refractivity contribution >= 4 is 63.9 Å². The molecule has 14 nitrogen and oxygen atoms in total. The molecule has 0 aliphatic heterocycles. The Labute approximate surface area is 379 Å². The molecule has 0 atom stereocenters. The summed E-state index contributed by atoms with van der Waals surface area (Å²) in [5, 5.41) is 16.7. The SMILES string of the molecule is Cc1nc(Nc2c(C)cccc2C)nc(N(C)c2c(C)c(C(=O)O)c(C)c(N(C)C)c2C)n1.Cc1nc(Nc2c(C)cccc2C)nc(N(C)c2c(C)c(C)c(C)c(N(C)C)c2C)n1. The molecule has 6 rings (SSSR count). The lowest BCUT2D eigenvalue weighted by Gasteiger charge is -2.29. The molecule has 64 heavy (non-hydrogen) atoms. The van der Waals surface area contributed by atoms with Crippen LogP contribution in [0.15, 0.2) is 36.4 Å². The highest BCUT2D eigenvalue weighted by atomic mass is 16.4. The van der Waals surface area contributed by atoms with E-state index in [0.717, 1.165) is 61.8 Å². The second kappa shape index (κ2) is 19.3. The average molecular weight is 867 g/mol. The number of carboxylic acids is 1. The van der Waals surface area contributed by atoms with Gasteiger partial charge in [-0.25, -0.2) is 4.79 Å². The molecular weight excluding hydrogens is 801 g/mol. The van der Waals surface area contributed by atoms with Gasteiger partial charge in [0.1, 0.15) is 11.6 Å². The van der Waals surface area contributed by atoms with Gasteiger partial charge in [-0.2, -0.15) is 29.9 Å².